The van der Waals surface area contributed by atoms with Crippen LogP contribution in [0.15, 0.2) is 12.4 Å². The summed E-state index contributed by atoms with van der Waals surface area (Å²) in [5.74, 6) is 1.10. The molecule has 0 spiro atoms. The van der Waals surface area contributed by atoms with Crippen molar-refractivity contribution in [2.24, 2.45) is 0 Å². The van der Waals surface area contributed by atoms with Crippen LogP contribution in [-0.4, -0.2) is 53.5 Å². The molecule has 1 amide bonds. The van der Waals surface area contributed by atoms with E-state index in [-0.39, 0.29) is 5.91 Å². The molecule has 0 radical (unpaired) electrons. The van der Waals surface area contributed by atoms with Crippen molar-refractivity contribution in [3.63, 3.8) is 0 Å². The van der Waals surface area contributed by atoms with Crippen molar-refractivity contribution in [2.45, 2.75) is 32.2 Å². The van der Waals surface area contributed by atoms with Gasteiger partial charge in [-0.15, -0.1) is 0 Å². The van der Waals surface area contributed by atoms with Crippen LogP contribution >= 0.6 is 0 Å². The molecule has 0 bridgehead atoms. The first-order valence-electron chi connectivity index (χ1n) is 7.80. The maximum absolute atomic E-state index is 11.5. The van der Waals surface area contributed by atoms with Gasteiger partial charge >= 0.3 is 0 Å². The molecule has 2 aliphatic heterocycles. The molecule has 0 unspecified atom stereocenters. The Labute approximate surface area is 125 Å². The number of carbonyl (C=O) groups excluding carboxylic acids is 1. The van der Waals surface area contributed by atoms with Crippen molar-refractivity contribution in [3.05, 3.63) is 18.1 Å². The monoisotopic (exact) mass is 289 g/mol. The predicted octanol–water partition coefficient (Wildman–Crippen LogP) is 0.960. The SMILES string of the molecule is CC(=O)N1CCCN(c2cncc([C@@H]3CCCN3)n2)CC1. The van der Waals surface area contributed by atoms with Gasteiger partial charge in [0.25, 0.3) is 0 Å². The summed E-state index contributed by atoms with van der Waals surface area (Å²) in [5.41, 5.74) is 1.04. The van der Waals surface area contributed by atoms with E-state index in [2.05, 4.69) is 15.2 Å². The van der Waals surface area contributed by atoms with Crippen LogP contribution in [-0.2, 0) is 4.79 Å². The quantitative estimate of drug-likeness (QED) is 0.878. The molecular formula is C15H23N5O. The van der Waals surface area contributed by atoms with Crippen molar-refractivity contribution in [3.8, 4) is 0 Å². The number of carbonyl (C=O) groups is 1. The van der Waals surface area contributed by atoms with Crippen LogP contribution in [0.2, 0.25) is 0 Å². The van der Waals surface area contributed by atoms with Crippen molar-refractivity contribution in [1.82, 2.24) is 20.2 Å². The first-order valence-corrected chi connectivity index (χ1v) is 7.80. The van der Waals surface area contributed by atoms with Crippen molar-refractivity contribution in [2.75, 3.05) is 37.6 Å². The highest BCUT2D eigenvalue weighted by Gasteiger charge is 2.21. The first-order chi connectivity index (χ1) is 10.2. The zero-order chi connectivity index (χ0) is 14.7. The van der Waals surface area contributed by atoms with E-state index < -0.39 is 0 Å². The van der Waals surface area contributed by atoms with Crippen LogP contribution in [0.5, 0.6) is 0 Å². The normalized spacial score (nSPS) is 23.2. The van der Waals surface area contributed by atoms with Gasteiger partial charge in [-0.05, 0) is 25.8 Å². The van der Waals surface area contributed by atoms with Gasteiger partial charge in [0, 0.05) is 33.1 Å². The number of nitrogens with one attached hydrogen (secondary N) is 1. The number of nitrogens with zero attached hydrogens (tertiary/aromatic N) is 4. The molecule has 21 heavy (non-hydrogen) atoms. The van der Waals surface area contributed by atoms with Crippen molar-refractivity contribution in [1.29, 1.82) is 0 Å². The lowest BCUT2D eigenvalue weighted by atomic mass is 10.2. The largest absolute Gasteiger partial charge is 0.353 e. The summed E-state index contributed by atoms with van der Waals surface area (Å²) in [5, 5.41) is 3.46. The fourth-order valence-corrected chi connectivity index (χ4v) is 3.09. The second kappa shape index (κ2) is 6.39. The first kappa shape index (κ1) is 14.3. The minimum Gasteiger partial charge on any atom is -0.353 e. The molecule has 6 heteroatoms. The zero-order valence-corrected chi connectivity index (χ0v) is 12.6. The second-order valence-electron chi connectivity index (χ2n) is 5.80. The molecule has 3 heterocycles. The molecule has 1 aromatic heterocycles. The van der Waals surface area contributed by atoms with Crippen LogP contribution in [0, 0.1) is 0 Å². The van der Waals surface area contributed by atoms with Gasteiger partial charge in [0.15, 0.2) is 0 Å². The lowest BCUT2D eigenvalue weighted by Crippen LogP contribution is -2.34. The summed E-state index contributed by atoms with van der Waals surface area (Å²) in [6.45, 7) is 6.07. The van der Waals surface area contributed by atoms with E-state index in [1.807, 2.05) is 17.3 Å². The molecule has 2 aliphatic rings. The van der Waals surface area contributed by atoms with E-state index in [0.717, 1.165) is 57.1 Å². The Balaban J connectivity index is 1.71. The van der Waals surface area contributed by atoms with Crippen LogP contribution in [0.4, 0.5) is 5.82 Å². The molecule has 1 atom stereocenters. The highest BCUT2D eigenvalue weighted by atomic mass is 16.2. The second-order valence-corrected chi connectivity index (χ2v) is 5.80. The Hall–Kier alpha value is -1.69. The Morgan fingerprint density at radius 3 is 2.90 bits per heavy atom. The van der Waals surface area contributed by atoms with E-state index in [0.29, 0.717) is 6.04 Å². The van der Waals surface area contributed by atoms with E-state index in [1.165, 1.54) is 6.42 Å². The van der Waals surface area contributed by atoms with Crippen molar-refractivity contribution < 1.29 is 4.79 Å². The summed E-state index contributed by atoms with van der Waals surface area (Å²) in [7, 11) is 0. The lowest BCUT2D eigenvalue weighted by molar-refractivity contribution is -0.128. The van der Waals surface area contributed by atoms with Gasteiger partial charge in [0.2, 0.25) is 5.91 Å². The Kier molecular flexibility index (Phi) is 4.34. The molecule has 6 nitrogen and oxygen atoms in total. The molecule has 0 aliphatic carbocycles. The van der Waals surface area contributed by atoms with Gasteiger partial charge in [0.1, 0.15) is 5.82 Å². The third-order valence-corrected chi connectivity index (χ3v) is 4.32. The van der Waals surface area contributed by atoms with Gasteiger partial charge in [0.05, 0.1) is 24.1 Å². The van der Waals surface area contributed by atoms with Gasteiger partial charge < -0.3 is 15.1 Å². The van der Waals surface area contributed by atoms with E-state index >= 15 is 0 Å². The minimum atomic E-state index is 0.159. The summed E-state index contributed by atoms with van der Waals surface area (Å²) >= 11 is 0. The van der Waals surface area contributed by atoms with Gasteiger partial charge in [-0.2, -0.15) is 0 Å². The number of aromatic nitrogens is 2. The summed E-state index contributed by atoms with van der Waals surface area (Å²) in [6, 6.07) is 0.346. The lowest BCUT2D eigenvalue weighted by Gasteiger charge is -2.23. The molecule has 1 aromatic rings. The minimum absolute atomic E-state index is 0.159. The van der Waals surface area contributed by atoms with Crippen LogP contribution in [0.3, 0.4) is 0 Å². The standard InChI is InChI=1S/C15H23N5O/c1-12(21)19-6-3-7-20(9-8-19)15-11-16-10-14(18-15)13-4-2-5-17-13/h10-11,13,17H,2-9H2,1H3/t13-/m0/s1. The van der Waals surface area contributed by atoms with E-state index in [1.54, 1.807) is 6.92 Å². The third-order valence-electron chi connectivity index (χ3n) is 4.32. The summed E-state index contributed by atoms with van der Waals surface area (Å²) in [4.78, 5) is 24.8. The third kappa shape index (κ3) is 3.32. The van der Waals surface area contributed by atoms with Crippen LogP contribution in [0.25, 0.3) is 0 Å². The molecule has 114 valence electrons. The maximum Gasteiger partial charge on any atom is 0.219 e. The maximum atomic E-state index is 11.5. The fourth-order valence-electron chi connectivity index (χ4n) is 3.09. The molecule has 2 fully saturated rings. The summed E-state index contributed by atoms with van der Waals surface area (Å²) in [6.07, 6.45) is 7.02. The average Bonchev–Trinajstić information content (AvgIpc) is 2.91. The topological polar surface area (TPSA) is 61.4 Å². The zero-order valence-electron chi connectivity index (χ0n) is 12.6. The smallest absolute Gasteiger partial charge is 0.219 e. The number of amides is 1. The number of hydrogen-bond acceptors (Lipinski definition) is 5. The molecular weight excluding hydrogens is 266 g/mol. The fraction of sp³-hybridized carbons (Fsp3) is 0.667. The Bertz CT molecular complexity index is 501. The van der Waals surface area contributed by atoms with Gasteiger partial charge in [-0.1, -0.05) is 0 Å². The molecule has 3 rings (SSSR count). The van der Waals surface area contributed by atoms with Crippen molar-refractivity contribution >= 4 is 11.7 Å². The van der Waals surface area contributed by atoms with E-state index in [9.17, 15) is 4.79 Å². The predicted molar refractivity (Wildman–Crippen MR) is 81.1 cm³/mol. The van der Waals surface area contributed by atoms with Gasteiger partial charge in [-0.25, -0.2) is 4.98 Å². The van der Waals surface area contributed by atoms with E-state index in [4.69, 9.17) is 4.98 Å². The van der Waals surface area contributed by atoms with Crippen LogP contribution in [0.1, 0.15) is 37.9 Å². The molecule has 0 aromatic carbocycles. The Morgan fingerprint density at radius 2 is 2.14 bits per heavy atom. The van der Waals surface area contributed by atoms with Gasteiger partial charge in [-0.3, -0.25) is 9.78 Å². The molecule has 0 saturated carbocycles. The average molecular weight is 289 g/mol. The Morgan fingerprint density at radius 1 is 1.24 bits per heavy atom. The molecule has 2 saturated heterocycles. The number of anilines is 1. The van der Waals surface area contributed by atoms with Crippen LogP contribution < -0.4 is 10.2 Å². The summed E-state index contributed by atoms with van der Waals surface area (Å²) < 4.78 is 0. The highest BCUT2D eigenvalue weighted by molar-refractivity contribution is 5.73. The number of hydrogen-bond donors (Lipinski definition) is 1. The number of rotatable bonds is 2. The molecule has 1 N–H and O–H groups in total. The highest BCUT2D eigenvalue weighted by Crippen LogP contribution is 2.22.